The van der Waals surface area contributed by atoms with Gasteiger partial charge in [-0.05, 0) is 0 Å². The lowest BCUT2D eigenvalue weighted by Gasteiger charge is -2.12. The molecule has 0 unspecified atom stereocenters. The number of carbonyl (C=O) groups excluding carboxylic acids is 1. The van der Waals surface area contributed by atoms with Crippen molar-refractivity contribution in [3.8, 4) is 0 Å². The van der Waals surface area contributed by atoms with E-state index in [1.165, 1.54) is 11.1 Å². The van der Waals surface area contributed by atoms with E-state index in [2.05, 4.69) is 15.3 Å². The van der Waals surface area contributed by atoms with Crippen molar-refractivity contribution in [2.45, 2.75) is 6.43 Å². The molecule has 0 saturated carbocycles. The third kappa shape index (κ3) is 1.85. The Morgan fingerprint density at radius 3 is 2.67 bits per heavy atom. The van der Waals surface area contributed by atoms with Gasteiger partial charge in [0.1, 0.15) is 5.69 Å². The third-order valence-electron chi connectivity index (χ3n) is 2.02. The summed E-state index contributed by atoms with van der Waals surface area (Å²) in [6.07, 6.45) is -0.489. The van der Waals surface area contributed by atoms with Crippen molar-refractivity contribution in [2.75, 3.05) is 18.0 Å². The van der Waals surface area contributed by atoms with Crippen molar-refractivity contribution in [3.63, 3.8) is 0 Å². The summed E-state index contributed by atoms with van der Waals surface area (Å²) in [7, 11) is 0. The molecule has 2 amide bonds. The number of urea groups is 1. The topological polar surface area (TPSA) is 58.1 Å². The number of nitrogens with zero attached hydrogens (tertiary/aromatic N) is 3. The fourth-order valence-corrected chi connectivity index (χ4v) is 1.27. The van der Waals surface area contributed by atoms with Gasteiger partial charge >= 0.3 is 6.03 Å². The van der Waals surface area contributed by atoms with E-state index >= 15 is 0 Å². The summed E-state index contributed by atoms with van der Waals surface area (Å²) in [6.45, 7) is 0.999. The van der Waals surface area contributed by atoms with Crippen molar-refractivity contribution in [1.29, 1.82) is 0 Å². The van der Waals surface area contributed by atoms with Gasteiger partial charge in [-0.15, -0.1) is 0 Å². The summed E-state index contributed by atoms with van der Waals surface area (Å²) in [5.41, 5.74) is -0.390. The number of amides is 2. The van der Waals surface area contributed by atoms with Crippen LogP contribution in [-0.4, -0.2) is 29.1 Å². The maximum atomic E-state index is 12.2. The summed E-state index contributed by atoms with van der Waals surface area (Å²) >= 11 is 0. The standard InChI is InChI=1S/C8H8F2N4O/c9-7(10)5-3-13-6(4-12-5)14-2-1-11-8(14)15/h3-4,7H,1-2H2,(H,11,15). The molecule has 2 rings (SSSR count). The summed E-state index contributed by atoms with van der Waals surface area (Å²) < 4.78 is 24.3. The maximum absolute atomic E-state index is 12.2. The highest BCUT2D eigenvalue weighted by molar-refractivity contribution is 5.92. The van der Waals surface area contributed by atoms with Gasteiger partial charge < -0.3 is 5.32 Å². The molecule has 1 aliphatic rings. The van der Waals surface area contributed by atoms with Gasteiger partial charge in [-0.1, -0.05) is 0 Å². The van der Waals surface area contributed by atoms with Crippen LogP contribution in [-0.2, 0) is 0 Å². The zero-order chi connectivity index (χ0) is 10.8. The van der Waals surface area contributed by atoms with Gasteiger partial charge in [0.05, 0.1) is 12.4 Å². The van der Waals surface area contributed by atoms with Crippen LogP contribution in [0.15, 0.2) is 12.4 Å². The highest BCUT2D eigenvalue weighted by Crippen LogP contribution is 2.17. The highest BCUT2D eigenvalue weighted by atomic mass is 19.3. The summed E-state index contributed by atoms with van der Waals surface area (Å²) in [4.78, 5) is 19.8. The summed E-state index contributed by atoms with van der Waals surface area (Å²) in [6, 6.07) is -0.283. The first-order chi connectivity index (χ1) is 7.18. The lowest BCUT2D eigenvalue weighted by molar-refractivity contribution is 0.145. The molecule has 1 N–H and O–H groups in total. The molecular formula is C8H8F2N4O. The molecule has 0 atom stereocenters. The molecule has 0 bridgehead atoms. The second-order valence-corrected chi connectivity index (χ2v) is 2.98. The zero-order valence-corrected chi connectivity index (χ0v) is 7.65. The van der Waals surface area contributed by atoms with E-state index in [0.717, 1.165) is 6.20 Å². The summed E-state index contributed by atoms with van der Waals surface area (Å²) in [5.74, 6) is 0.286. The molecule has 0 radical (unpaired) electrons. The van der Waals surface area contributed by atoms with E-state index < -0.39 is 12.1 Å². The van der Waals surface area contributed by atoms with Crippen LogP contribution in [0.1, 0.15) is 12.1 Å². The van der Waals surface area contributed by atoms with E-state index in [1.54, 1.807) is 0 Å². The fourth-order valence-electron chi connectivity index (χ4n) is 1.27. The molecule has 80 valence electrons. The fraction of sp³-hybridized carbons (Fsp3) is 0.375. The highest BCUT2D eigenvalue weighted by Gasteiger charge is 2.22. The Morgan fingerprint density at radius 1 is 1.40 bits per heavy atom. The van der Waals surface area contributed by atoms with E-state index in [4.69, 9.17) is 0 Å². The number of anilines is 1. The number of nitrogens with one attached hydrogen (secondary N) is 1. The lowest BCUT2D eigenvalue weighted by atomic mass is 10.4. The predicted molar refractivity (Wildman–Crippen MR) is 47.7 cm³/mol. The first-order valence-corrected chi connectivity index (χ1v) is 4.34. The number of halogens is 2. The molecule has 0 aromatic carbocycles. The average Bonchev–Trinajstić information content (AvgIpc) is 2.65. The molecule has 5 nitrogen and oxygen atoms in total. The smallest absolute Gasteiger partial charge is 0.323 e. The largest absolute Gasteiger partial charge is 0.336 e. The number of hydrogen-bond acceptors (Lipinski definition) is 3. The van der Waals surface area contributed by atoms with Crippen LogP contribution in [0.4, 0.5) is 19.4 Å². The minimum atomic E-state index is -2.64. The van der Waals surface area contributed by atoms with Crippen LogP contribution in [0.3, 0.4) is 0 Å². The van der Waals surface area contributed by atoms with Gasteiger partial charge in [-0.2, -0.15) is 0 Å². The quantitative estimate of drug-likeness (QED) is 0.797. The van der Waals surface area contributed by atoms with Gasteiger partial charge in [0, 0.05) is 13.1 Å². The third-order valence-corrected chi connectivity index (χ3v) is 2.02. The molecule has 7 heteroatoms. The Balaban J connectivity index is 2.19. The van der Waals surface area contributed by atoms with E-state index in [0.29, 0.717) is 13.1 Å². The second kappa shape index (κ2) is 3.76. The van der Waals surface area contributed by atoms with Crippen LogP contribution in [0, 0.1) is 0 Å². The molecular weight excluding hydrogens is 206 g/mol. The Kier molecular flexibility index (Phi) is 2.44. The van der Waals surface area contributed by atoms with Crippen molar-refractivity contribution in [3.05, 3.63) is 18.1 Å². The van der Waals surface area contributed by atoms with Gasteiger partial charge in [0.25, 0.3) is 6.43 Å². The van der Waals surface area contributed by atoms with Crippen molar-refractivity contribution in [2.24, 2.45) is 0 Å². The first-order valence-electron chi connectivity index (χ1n) is 4.34. The maximum Gasteiger partial charge on any atom is 0.323 e. The number of rotatable bonds is 2. The molecule has 0 aliphatic carbocycles. The number of aromatic nitrogens is 2. The molecule has 2 heterocycles. The zero-order valence-electron chi connectivity index (χ0n) is 7.65. The Labute approximate surface area is 84.1 Å². The van der Waals surface area contributed by atoms with Crippen LogP contribution in [0.5, 0.6) is 0 Å². The van der Waals surface area contributed by atoms with Crippen LogP contribution in [0.25, 0.3) is 0 Å². The second-order valence-electron chi connectivity index (χ2n) is 2.98. The number of carbonyl (C=O) groups is 1. The molecule has 1 fully saturated rings. The molecule has 1 aliphatic heterocycles. The molecule has 1 aromatic rings. The SMILES string of the molecule is O=C1NCCN1c1cnc(C(F)F)cn1. The molecule has 1 saturated heterocycles. The Morgan fingerprint density at radius 2 is 2.20 bits per heavy atom. The summed E-state index contributed by atoms with van der Waals surface area (Å²) in [5, 5.41) is 2.58. The predicted octanol–water partition coefficient (Wildman–Crippen LogP) is 0.944. The molecule has 15 heavy (non-hydrogen) atoms. The van der Waals surface area contributed by atoms with Gasteiger partial charge in [-0.25, -0.2) is 23.5 Å². The van der Waals surface area contributed by atoms with Gasteiger partial charge in [0.2, 0.25) is 0 Å². The Bertz CT molecular complexity index is 367. The number of alkyl halides is 2. The van der Waals surface area contributed by atoms with Gasteiger partial charge in [0.15, 0.2) is 5.82 Å². The molecule has 0 spiro atoms. The van der Waals surface area contributed by atoms with E-state index in [-0.39, 0.29) is 11.8 Å². The minimum absolute atomic E-state index is 0.283. The van der Waals surface area contributed by atoms with Crippen LogP contribution < -0.4 is 10.2 Å². The van der Waals surface area contributed by atoms with Crippen molar-refractivity contribution in [1.82, 2.24) is 15.3 Å². The van der Waals surface area contributed by atoms with Crippen molar-refractivity contribution < 1.29 is 13.6 Å². The van der Waals surface area contributed by atoms with Gasteiger partial charge in [-0.3, -0.25) is 4.90 Å². The normalized spacial score (nSPS) is 15.9. The minimum Gasteiger partial charge on any atom is -0.336 e. The van der Waals surface area contributed by atoms with Crippen molar-refractivity contribution >= 4 is 11.8 Å². The lowest BCUT2D eigenvalue weighted by Crippen LogP contribution is -2.28. The number of hydrogen-bond donors (Lipinski definition) is 1. The first kappa shape index (κ1) is 9.75. The molecule has 1 aromatic heterocycles. The van der Waals surface area contributed by atoms with Crippen LogP contribution >= 0.6 is 0 Å². The average molecular weight is 214 g/mol. The van der Waals surface area contributed by atoms with E-state index in [1.807, 2.05) is 0 Å². The van der Waals surface area contributed by atoms with E-state index in [9.17, 15) is 13.6 Å². The Hall–Kier alpha value is -1.79. The van der Waals surface area contributed by atoms with Crippen LogP contribution in [0.2, 0.25) is 0 Å². The monoisotopic (exact) mass is 214 g/mol.